The molecule has 238 valence electrons. The molecule has 1 fully saturated rings. The molecule has 0 saturated carbocycles. The molecule has 1 aliphatic rings. The van der Waals surface area contributed by atoms with Crippen LogP contribution in [-0.4, -0.2) is 62.7 Å². The average molecular weight is 664 g/mol. The van der Waals surface area contributed by atoms with Gasteiger partial charge in [-0.2, -0.15) is 10.2 Å². The second-order valence-electron chi connectivity index (χ2n) is 11.2. The van der Waals surface area contributed by atoms with Crippen molar-refractivity contribution in [3.05, 3.63) is 101 Å². The number of nitrogens with one attached hydrogen (secondary N) is 2. The smallest absolute Gasteiger partial charge is 0.347 e. The lowest BCUT2D eigenvalue weighted by Crippen LogP contribution is -2.58. The number of hydrazone groups is 1. The lowest BCUT2D eigenvalue weighted by molar-refractivity contribution is -0.121. The monoisotopic (exact) mass is 662 g/mol. The number of nitrogens with zero attached hydrogens (tertiary/aromatic N) is 4. The van der Waals surface area contributed by atoms with Crippen LogP contribution >= 0.6 is 23.2 Å². The van der Waals surface area contributed by atoms with Gasteiger partial charge in [-0.15, -0.1) is 0 Å². The van der Waals surface area contributed by atoms with Crippen molar-refractivity contribution in [3.8, 4) is 5.75 Å². The van der Waals surface area contributed by atoms with E-state index in [2.05, 4.69) is 15.8 Å². The maximum atomic E-state index is 13.9. The number of carbonyl (C=O) groups is 3. The fraction of sp³-hybridized carbons (Fsp3) is 0.212. The summed E-state index contributed by atoms with van der Waals surface area (Å²) in [5.41, 5.74) is 2.65. The largest absolute Gasteiger partial charge is 0.507 e. The van der Waals surface area contributed by atoms with E-state index in [0.29, 0.717) is 32.0 Å². The first-order chi connectivity index (χ1) is 22.0. The van der Waals surface area contributed by atoms with Crippen LogP contribution in [0.15, 0.2) is 90.0 Å². The molecule has 0 aliphatic carbocycles. The number of phenols is 1. The van der Waals surface area contributed by atoms with Crippen molar-refractivity contribution in [2.75, 3.05) is 16.8 Å². The van der Waals surface area contributed by atoms with E-state index >= 15 is 0 Å². The zero-order valence-electron chi connectivity index (χ0n) is 25.0. The topological polar surface area (TPSA) is 138 Å². The molecule has 4 aromatic rings. The fourth-order valence-corrected chi connectivity index (χ4v) is 5.70. The summed E-state index contributed by atoms with van der Waals surface area (Å²) in [4.78, 5) is 42.5. The fourth-order valence-electron chi connectivity index (χ4n) is 5.45. The van der Waals surface area contributed by atoms with E-state index in [1.807, 2.05) is 24.3 Å². The SMILES string of the molecule is CC1(C)[C@H](N(O)C(=O)Nc2ccc(Cl)cc2)N(c2ccc(Cl)cc2)C(=O)N1CCCC(=O)N/N=C\c1c(O)ccc2ccccc12. The Labute approximate surface area is 275 Å². The van der Waals surface area contributed by atoms with Gasteiger partial charge in [0.05, 0.1) is 11.8 Å². The number of halogens is 2. The number of urea groups is 2. The Morgan fingerprint density at radius 2 is 1.63 bits per heavy atom. The maximum Gasteiger partial charge on any atom is 0.347 e. The molecular weight excluding hydrogens is 631 g/mol. The number of anilines is 2. The molecule has 1 atom stereocenters. The van der Waals surface area contributed by atoms with E-state index in [4.69, 9.17) is 23.2 Å². The first kappa shape index (κ1) is 32.6. The number of hydroxylamine groups is 2. The average Bonchev–Trinajstić information content (AvgIpc) is 3.23. The highest BCUT2D eigenvalue weighted by Gasteiger charge is 2.55. The molecule has 4 aromatic carbocycles. The number of hydrogen-bond donors (Lipinski definition) is 4. The Hall–Kier alpha value is -4.84. The van der Waals surface area contributed by atoms with Gasteiger partial charge in [-0.05, 0) is 85.6 Å². The molecule has 0 radical (unpaired) electrons. The molecular formula is C33H32Cl2N6O5. The summed E-state index contributed by atoms with van der Waals surface area (Å²) in [6.07, 6.45) is 0.534. The van der Waals surface area contributed by atoms with Gasteiger partial charge in [0.2, 0.25) is 5.91 Å². The quantitative estimate of drug-likeness (QED) is 0.0864. The van der Waals surface area contributed by atoms with Crippen LogP contribution in [0, 0.1) is 0 Å². The second-order valence-corrected chi connectivity index (χ2v) is 12.1. The highest BCUT2D eigenvalue weighted by atomic mass is 35.5. The number of amides is 5. The summed E-state index contributed by atoms with van der Waals surface area (Å²) in [6, 6.07) is 22.3. The van der Waals surface area contributed by atoms with Gasteiger partial charge >= 0.3 is 12.1 Å². The van der Waals surface area contributed by atoms with Crippen molar-refractivity contribution in [2.24, 2.45) is 5.10 Å². The second kappa shape index (κ2) is 13.7. The Morgan fingerprint density at radius 1 is 0.978 bits per heavy atom. The zero-order chi connectivity index (χ0) is 33.0. The molecule has 0 aromatic heterocycles. The number of carbonyl (C=O) groups excluding carboxylic acids is 3. The van der Waals surface area contributed by atoms with Crippen molar-refractivity contribution in [1.29, 1.82) is 0 Å². The summed E-state index contributed by atoms with van der Waals surface area (Å²) in [5, 5.41) is 31.3. The van der Waals surface area contributed by atoms with Gasteiger partial charge in [-0.1, -0.05) is 53.5 Å². The lowest BCUT2D eigenvalue weighted by atomic mass is 9.99. The highest BCUT2D eigenvalue weighted by Crippen LogP contribution is 2.38. The molecule has 0 unspecified atom stereocenters. The molecule has 5 amide bonds. The zero-order valence-corrected chi connectivity index (χ0v) is 26.5. The van der Waals surface area contributed by atoms with Crippen molar-refractivity contribution in [3.63, 3.8) is 0 Å². The summed E-state index contributed by atoms with van der Waals surface area (Å²) in [6.45, 7) is 3.59. The van der Waals surface area contributed by atoms with Crippen LogP contribution in [-0.2, 0) is 4.79 Å². The van der Waals surface area contributed by atoms with Crippen LogP contribution in [0.2, 0.25) is 10.0 Å². The van der Waals surface area contributed by atoms with Crippen LogP contribution in [0.5, 0.6) is 5.75 Å². The number of rotatable bonds is 9. The van der Waals surface area contributed by atoms with Gasteiger partial charge in [0.1, 0.15) is 5.75 Å². The van der Waals surface area contributed by atoms with Crippen LogP contribution in [0.3, 0.4) is 0 Å². The third kappa shape index (κ3) is 6.86. The molecule has 13 heteroatoms. The Kier molecular flexibility index (Phi) is 9.66. The number of phenolic OH excluding ortho intramolecular Hbond substituents is 1. The van der Waals surface area contributed by atoms with Crippen molar-refractivity contribution in [1.82, 2.24) is 15.4 Å². The van der Waals surface area contributed by atoms with E-state index in [9.17, 15) is 24.7 Å². The van der Waals surface area contributed by atoms with Crippen molar-refractivity contribution in [2.45, 2.75) is 38.4 Å². The highest BCUT2D eigenvalue weighted by molar-refractivity contribution is 6.31. The van der Waals surface area contributed by atoms with E-state index < -0.39 is 29.7 Å². The number of aromatic hydroxyl groups is 1. The molecule has 1 heterocycles. The molecule has 1 saturated heterocycles. The van der Waals surface area contributed by atoms with Crippen LogP contribution in [0.4, 0.5) is 21.0 Å². The van der Waals surface area contributed by atoms with Gasteiger partial charge in [0, 0.05) is 39.9 Å². The number of fused-ring (bicyclic) bond motifs is 1. The molecule has 0 spiro atoms. The molecule has 5 rings (SSSR count). The standard InChI is InChI=1S/C33H32Cl2N6O5/c1-33(2)30(41(46)31(44)37-24-14-10-22(34)11-15-24)40(25-16-12-23(35)13-17-25)32(45)39(33)19-5-8-29(43)38-36-20-27-26-7-4-3-6-21(26)9-18-28(27)42/h3-4,6-7,9-18,20,30,42,46H,5,8,19H2,1-2H3,(H,37,44)(H,38,43)/b36-20-/t30-/m0/s1. The lowest BCUT2D eigenvalue weighted by Gasteiger charge is -2.38. The predicted octanol–water partition coefficient (Wildman–Crippen LogP) is 7.05. The Balaban J connectivity index is 1.28. The van der Waals surface area contributed by atoms with Gasteiger partial charge in [-0.25, -0.2) is 15.0 Å². The van der Waals surface area contributed by atoms with Gasteiger partial charge in [-0.3, -0.25) is 14.9 Å². The molecule has 11 nitrogen and oxygen atoms in total. The first-order valence-corrected chi connectivity index (χ1v) is 15.2. The minimum atomic E-state index is -1.15. The first-order valence-electron chi connectivity index (χ1n) is 14.4. The Morgan fingerprint density at radius 3 is 2.33 bits per heavy atom. The predicted molar refractivity (Wildman–Crippen MR) is 179 cm³/mol. The van der Waals surface area contributed by atoms with E-state index in [-0.39, 0.29) is 25.1 Å². The van der Waals surface area contributed by atoms with E-state index in [0.717, 1.165) is 10.8 Å². The third-order valence-electron chi connectivity index (χ3n) is 7.77. The summed E-state index contributed by atoms with van der Waals surface area (Å²) in [5.74, 6) is -0.358. The third-order valence-corrected chi connectivity index (χ3v) is 8.27. The van der Waals surface area contributed by atoms with Crippen LogP contribution in [0.25, 0.3) is 10.8 Å². The summed E-state index contributed by atoms with van der Waals surface area (Å²) < 4.78 is 0. The molecule has 1 aliphatic heterocycles. The molecule has 0 bridgehead atoms. The molecule has 4 N–H and O–H groups in total. The minimum absolute atomic E-state index is 0.0320. The van der Waals surface area contributed by atoms with Crippen molar-refractivity contribution >= 4 is 69.5 Å². The van der Waals surface area contributed by atoms with E-state index in [1.54, 1.807) is 74.5 Å². The van der Waals surface area contributed by atoms with Gasteiger partial charge in [0.15, 0.2) is 6.17 Å². The van der Waals surface area contributed by atoms with Gasteiger partial charge in [0.25, 0.3) is 0 Å². The minimum Gasteiger partial charge on any atom is -0.507 e. The maximum absolute atomic E-state index is 13.9. The summed E-state index contributed by atoms with van der Waals surface area (Å²) in [7, 11) is 0. The van der Waals surface area contributed by atoms with Crippen LogP contribution in [0.1, 0.15) is 32.3 Å². The normalized spacial score (nSPS) is 15.8. The Bertz CT molecular complexity index is 1780. The van der Waals surface area contributed by atoms with Crippen molar-refractivity contribution < 1.29 is 24.7 Å². The van der Waals surface area contributed by atoms with E-state index in [1.165, 1.54) is 16.0 Å². The van der Waals surface area contributed by atoms with Gasteiger partial charge < -0.3 is 15.3 Å². The number of benzene rings is 4. The van der Waals surface area contributed by atoms with Crippen LogP contribution < -0.4 is 15.6 Å². The molecule has 46 heavy (non-hydrogen) atoms. The number of hydrogen-bond acceptors (Lipinski definition) is 6. The summed E-state index contributed by atoms with van der Waals surface area (Å²) >= 11 is 12.0.